The van der Waals surface area contributed by atoms with Crippen LogP contribution >= 0.6 is 37.2 Å². The minimum absolute atomic E-state index is 0.000285. The first-order chi connectivity index (χ1) is 29.1. The zero-order valence-corrected chi connectivity index (χ0v) is 38.9. The molecule has 0 saturated carbocycles. The molecule has 9 nitrogen and oxygen atoms in total. The maximum absolute atomic E-state index is 12.8. The van der Waals surface area contributed by atoms with Gasteiger partial charge in [0.15, 0.2) is 17.2 Å². The second-order valence-corrected chi connectivity index (χ2v) is 31.4. The Morgan fingerprint density at radius 3 is 1.49 bits per heavy atom. The van der Waals surface area contributed by atoms with Gasteiger partial charge in [0.25, 0.3) is 0 Å². The first-order valence-corrected chi connectivity index (χ1v) is 28.8. The van der Waals surface area contributed by atoms with Gasteiger partial charge in [0.1, 0.15) is 23.7 Å². The van der Waals surface area contributed by atoms with Crippen molar-refractivity contribution < 1.29 is 36.1 Å². The molecular weight excluding hydrogens is 890 g/mol. The van der Waals surface area contributed by atoms with Crippen molar-refractivity contribution in [1.29, 1.82) is 5.26 Å². The quantitative estimate of drug-likeness (QED) is 0.115. The van der Waals surface area contributed by atoms with Gasteiger partial charge in [-0.3, -0.25) is 4.79 Å². The number of aliphatic imine (C=N–C) groups is 1. The van der Waals surface area contributed by atoms with Crippen LogP contribution in [0, 0.1) is 36.4 Å². The Morgan fingerprint density at radius 1 is 0.639 bits per heavy atom. The van der Waals surface area contributed by atoms with Crippen molar-refractivity contribution in [2.24, 2.45) is 16.8 Å². The number of nitriles is 1. The van der Waals surface area contributed by atoms with Gasteiger partial charge in [-0.1, -0.05) is 48.5 Å². The maximum atomic E-state index is 12.8. The van der Waals surface area contributed by atoms with Crippen LogP contribution in [0.3, 0.4) is 0 Å². The van der Waals surface area contributed by atoms with Crippen LogP contribution in [0.2, 0.25) is 0 Å². The average Bonchev–Trinajstić information content (AvgIpc) is 3.22. The first kappa shape index (κ1) is 46.6. The molecule has 4 aliphatic heterocycles. The van der Waals surface area contributed by atoms with E-state index in [9.17, 15) is 10.1 Å². The fraction of sp³-hybridized carbons (Fsp3) is 0.383. The summed E-state index contributed by atoms with van der Waals surface area (Å²) in [6, 6.07) is 26.7. The summed E-state index contributed by atoms with van der Waals surface area (Å²) in [4.78, 5) is 24.0. The van der Waals surface area contributed by atoms with Crippen LogP contribution in [0.4, 0.5) is 11.4 Å². The molecule has 6 unspecified atom stereocenters. The number of ketones is 1. The van der Waals surface area contributed by atoms with Crippen LogP contribution in [-0.2, 0) is 21.8 Å². The molecule has 8 rings (SSSR count). The third-order valence-electron chi connectivity index (χ3n) is 11.2. The number of benzene rings is 4. The summed E-state index contributed by atoms with van der Waals surface area (Å²) in [7, 11) is 20.1. The SMILES string of the molecule is [C-]#[N+]c1cccc(-c2ccc3c(c2)C(=NC#N)CC(C2CC(C)OC(C)C2)O3)c1.[C-]#[N+]c1cccc(-c2ccc3c(c2)C(=O)CC(C2CC(C)OC(C)C2)O3)c1.[Cl][Ti]([Cl])([Cl])[Cl]. The number of Topliss-reactive ketones (excluding diaryl/α,β-unsaturated/α-hetero) is 1. The van der Waals surface area contributed by atoms with Gasteiger partial charge in [-0.2, -0.15) is 10.3 Å². The number of rotatable bonds is 4. The molecule has 0 spiro atoms. The number of fused-ring (bicyclic) bond motifs is 2. The van der Waals surface area contributed by atoms with Crippen molar-refractivity contribution in [1.82, 2.24) is 0 Å². The molecule has 2 saturated heterocycles. The van der Waals surface area contributed by atoms with Gasteiger partial charge in [0, 0.05) is 30.2 Å². The molecule has 4 aliphatic rings. The number of ether oxygens (including phenoxy) is 4. The number of carbonyl (C=O) groups excluding carboxylic acids is 1. The Hall–Kier alpha value is -3.92. The van der Waals surface area contributed by atoms with E-state index in [0.29, 0.717) is 47.4 Å². The van der Waals surface area contributed by atoms with Crippen molar-refractivity contribution >= 4 is 60.1 Å². The predicted octanol–water partition coefficient (Wildman–Crippen LogP) is 13.7. The third kappa shape index (κ3) is 12.8. The molecule has 0 radical (unpaired) electrons. The average molecular weight is 937 g/mol. The van der Waals surface area contributed by atoms with Gasteiger partial charge in [-0.25, -0.2) is 9.69 Å². The van der Waals surface area contributed by atoms with E-state index in [0.717, 1.165) is 65.0 Å². The molecule has 14 heteroatoms. The number of halogens is 4. The van der Waals surface area contributed by atoms with E-state index in [2.05, 4.69) is 42.4 Å². The van der Waals surface area contributed by atoms with Crippen LogP contribution in [0.1, 0.15) is 82.1 Å². The molecule has 4 aromatic rings. The molecule has 316 valence electrons. The zero-order chi connectivity index (χ0) is 43.8. The van der Waals surface area contributed by atoms with E-state index in [4.69, 9.17) is 69.3 Å². The summed E-state index contributed by atoms with van der Waals surface area (Å²) in [5.41, 5.74) is 7.29. The van der Waals surface area contributed by atoms with Gasteiger partial charge in [-0.05, 0) is 112 Å². The zero-order valence-electron chi connectivity index (χ0n) is 34.3. The van der Waals surface area contributed by atoms with Crippen molar-refractivity contribution in [3.63, 3.8) is 0 Å². The summed E-state index contributed by atoms with van der Waals surface area (Å²) in [5, 5.41) is 9.25. The Morgan fingerprint density at radius 2 is 1.05 bits per heavy atom. The second-order valence-electron chi connectivity index (χ2n) is 16.0. The van der Waals surface area contributed by atoms with Gasteiger partial charge in [-0.15, -0.1) is 0 Å². The monoisotopic (exact) mass is 934 g/mol. The Labute approximate surface area is 377 Å². The summed E-state index contributed by atoms with van der Waals surface area (Å²) in [6.07, 6.45) is 7.52. The molecule has 4 heterocycles. The van der Waals surface area contributed by atoms with Crippen molar-refractivity contribution in [2.75, 3.05) is 0 Å². The van der Waals surface area contributed by atoms with Gasteiger partial charge >= 0.3 is 49.6 Å². The van der Waals surface area contributed by atoms with Gasteiger partial charge < -0.3 is 18.9 Å². The summed E-state index contributed by atoms with van der Waals surface area (Å²) < 4.78 is 24.3. The molecular formula is C47H46Cl4N4O5Ti. The number of nitrogens with zero attached hydrogens (tertiary/aromatic N) is 4. The van der Waals surface area contributed by atoms with Crippen LogP contribution < -0.4 is 9.47 Å². The second kappa shape index (κ2) is 21.0. The van der Waals surface area contributed by atoms with Crippen molar-refractivity contribution in [3.8, 4) is 39.9 Å². The topological polar surface area (TPSA) is 98.9 Å². The fourth-order valence-corrected chi connectivity index (χ4v) is 8.79. The molecule has 4 aromatic carbocycles. The Balaban J connectivity index is 0.000000184. The number of hydrogen-bond acceptors (Lipinski definition) is 7. The van der Waals surface area contributed by atoms with E-state index < -0.39 is 12.3 Å². The number of carbonyl (C=O) groups is 1. The van der Waals surface area contributed by atoms with E-state index in [-0.39, 0.29) is 42.4 Å². The number of hydrogen-bond donors (Lipinski definition) is 0. The summed E-state index contributed by atoms with van der Waals surface area (Å²) in [6.45, 7) is 22.8. The molecule has 2 fully saturated rings. The van der Waals surface area contributed by atoms with Gasteiger partial charge in [0.05, 0.1) is 48.8 Å². The van der Waals surface area contributed by atoms with E-state index in [1.54, 1.807) is 12.1 Å². The van der Waals surface area contributed by atoms with Crippen molar-refractivity contribution in [2.45, 2.75) is 103 Å². The minimum atomic E-state index is -3.11. The molecule has 0 aromatic heterocycles. The van der Waals surface area contributed by atoms with Crippen LogP contribution in [-0.4, -0.2) is 48.1 Å². The van der Waals surface area contributed by atoms with Crippen LogP contribution in [0.5, 0.6) is 11.5 Å². The third-order valence-corrected chi connectivity index (χ3v) is 11.2. The molecule has 0 aliphatic carbocycles. The molecule has 0 N–H and O–H groups in total. The normalized spacial score (nSPS) is 26.1. The van der Waals surface area contributed by atoms with Crippen LogP contribution in [0.25, 0.3) is 31.9 Å². The molecule has 0 bridgehead atoms. The summed E-state index contributed by atoms with van der Waals surface area (Å²) >= 11 is -3.11. The van der Waals surface area contributed by atoms with E-state index >= 15 is 0 Å². The van der Waals surface area contributed by atoms with Crippen molar-refractivity contribution in [3.05, 3.63) is 119 Å². The Bertz CT molecular complexity index is 2360. The first-order valence-electron chi connectivity index (χ1n) is 20.2. The fourth-order valence-electron chi connectivity index (χ4n) is 8.79. The molecule has 0 amide bonds. The molecule has 61 heavy (non-hydrogen) atoms. The Kier molecular flexibility index (Phi) is 16.0. The van der Waals surface area contributed by atoms with E-state index in [1.807, 2.05) is 79.0 Å². The van der Waals surface area contributed by atoms with Crippen LogP contribution in [0.15, 0.2) is 89.9 Å². The summed E-state index contributed by atoms with van der Waals surface area (Å²) in [5.74, 6) is 2.30. The molecule has 6 atom stereocenters. The predicted molar refractivity (Wildman–Crippen MR) is 240 cm³/mol. The standard InChI is InChI=1S/C24H23N3O2.C23H23NO3.4ClH.Ti/c1-15-9-19(10-16(2)28-15)24-13-22(27-14-25)21-12-18(7-8-23(21)29-24)17-5-4-6-20(11-17)26-3;1-14-9-18(10-15(2)26-14)23-13-21(25)20-12-17(7-8-22(20)27-23)16-5-4-6-19(11-16)24-3;;;;;/h4-8,11-12,15-16,19,24H,9-10,13H2,1-2H3;4-8,11-12,14-15,18,23H,9-10,13H2,1-2H3;4*1H;/q;;;;;;+4/p-4. The van der Waals surface area contributed by atoms with Gasteiger partial charge in [0.2, 0.25) is 6.19 Å². The van der Waals surface area contributed by atoms with E-state index in [1.165, 1.54) is 0 Å².